The Labute approximate surface area is 163 Å². The van der Waals surface area contributed by atoms with Gasteiger partial charge in [-0.15, -0.1) is 0 Å². The van der Waals surface area contributed by atoms with E-state index in [2.05, 4.69) is 6.92 Å². The van der Waals surface area contributed by atoms with Crippen LogP contribution in [0.15, 0.2) is 30.3 Å². The highest BCUT2D eigenvalue weighted by Crippen LogP contribution is 2.36. The second-order valence-electron chi connectivity index (χ2n) is 6.92. The zero-order chi connectivity index (χ0) is 20.1. The van der Waals surface area contributed by atoms with E-state index >= 15 is 0 Å². The molecule has 152 valence electrons. The van der Waals surface area contributed by atoms with E-state index in [-0.39, 0.29) is 22.8 Å². The Morgan fingerprint density at radius 1 is 1.04 bits per heavy atom. The Morgan fingerprint density at radius 3 is 2.46 bits per heavy atom. The predicted octanol–water partition coefficient (Wildman–Crippen LogP) is 5.82. The summed E-state index contributed by atoms with van der Waals surface area (Å²) in [5.41, 5.74) is 0.0119. The van der Waals surface area contributed by atoms with Crippen LogP contribution in [0, 0.1) is 17.5 Å². The lowest BCUT2D eigenvalue weighted by atomic mass is 9.96. The summed E-state index contributed by atoms with van der Waals surface area (Å²) in [5.74, 6) is -2.44. The molecule has 0 amide bonds. The lowest BCUT2D eigenvalue weighted by Crippen LogP contribution is -2.28. The largest absolute Gasteiger partial charge is 0.497 e. The van der Waals surface area contributed by atoms with E-state index in [9.17, 15) is 13.2 Å². The van der Waals surface area contributed by atoms with E-state index in [0.29, 0.717) is 25.4 Å². The van der Waals surface area contributed by atoms with E-state index in [0.717, 1.165) is 25.3 Å². The van der Waals surface area contributed by atoms with Crippen molar-refractivity contribution in [3.8, 4) is 16.9 Å². The molecule has 2 aromatic rings. The Kier molecular flexibility index (Phi) is 6.97. The molecule has 0 bridgehead atoms. The fraction of sp³-hybridized carbons (Fsp3) is 0.455. The highest BCUT2D eigenvalue weighted by atomic mass is 19.2. The van der Waals surface area contributed by atoms with Gasteiger partial charge in [-0.3, -0.25) is 0 Å². The van der Waals surface area contributed by atoms with Crippen molar-refractivity contribution in [2.45, 2.75) is 44.8 Å². The number of ether oxygens (including phenoxy) is 3. The molecule has 1 aliphatic heterocycles. The van der Waals surface area contributed by atoms with Gasteiger partial charge in [-0.1, -0.05) is 25.5 Å². The van der Waals surface area contributed by atoms with Crippen LogP contribution in [-0.4, -0.2) is 26.4 Å². The van der Waals surface area contributed by atoms with Gasteiger partial charge < -0.3 is 14.2 Å². The molecule has 0 saturated carbocycles. The van der Waals surface area contributed by atoms with Crippen LogP contribution in [0.1, 0.15) is 44.3 Å². The van der Waals surface area contributed by atoms with Crippen molar-refractivity contribution in [1.29, 1.82) is 0 Å². The summed E-state index contributed by atoms with van der Waals surface area (Å²) in [6, 6.07) is 6.89. The molecule has 1 heterocycles. The van der Waals surface area contributed by atoms with Gasteiger partial charge in [0.1, 0.15) is 11.6 Å². The number of methoxy groups -OCH3 is 1. The van der Waals surface area contributed by atoms with Gasteiger partial charge in [0.15, 0.2) is 11.6 Å². The number of benzene rings is 2. The average molecular weight is 394 g/mol. The summed E-state index contributed by atoms with van der Waals surface area (Å²) in [5, 5.41) is 0. The molecule has 0 N–H and O–H groups in total. The standard InChI is InChI=1S/C22H25F3O3/c1-3-4-11-27-15-6-10-20(28-13-15)18-9-8-17(21(24)22(18)25)16-7-5-14(26-2)12-19(16)23/h5,7-9,12,15,20H,3-4,6,10-11,13H2,1-2H3. The third-order valence-electron chi connectivity index (χ3n) is 5.01. The van der Waals surface area contributed by atoms with Crippen LogP contribution in [0.2, 0.25) is 0 Å². The van der Waals surface area contributed by atoms with Crippen molar-refractivity contribution in [2.75, 3.05) is 20.3 Å². The molecular formula is C22H25F3O3. The highest BCUT2D eigenvalue weighted by molar-refractivity contribution is 5.66. The molecule has 0 aliphatic carbocycles. The van der Waals surface area contributed by atoms with Crippen LogP contribution in [0.5, 0.6) is 5.75 Å². The second-order valence-corrected chi connectivity index (χ2v) is 6.92. The van der Waals surface area contributed by atoms with E-state index in [4.69, 9.17) is 14.2 Å². The summed E-state index contributed by atoms with van der Waals surface area (Å²) in [6.07, 6.45) is 2.78. The number of halogens is 3. The number of unbranched alkanes of at least 4 members (excludes halogenated alkanes) is 1. The normalized spacial score (nSPS) is 19.6. The Balaban J connectivity index is 1.74. The summed E-state index contributed by atoms with van der Waals surface area (Å²) in [7, 11) is 1.41. The molecule has 28 heavy (non-hydrogen) atoms. The molecular weight excluding hydrogens is 369 g/mol. The summed E-state index contributed by atoms with van der Waals surface area (Å²) in [4.78, 5) is 0. The van der Waals surface area contributed by atoms with Gasteiger partial charge >= 0.3 is 0 Å². The molecule has 2 aromatic carbocycles. The number of hydrogen-bond acceptors (Lipinski definition) is 3. The molecule has 6 heteroatoms. The molecule has 3 rings (SSSR count). The average Bonchev–Trinajstić information content (AvgIpc) is 2.71. The second kappa shape index (κ2) is 9.43. The van der Waals surface area contributed by atoms with Gasteiger partial charge in [0, 0.05) is 29.4 Å². The number of rotatable bonds is 7. The van der Waals surface area contributed by atoms with Crippen LogP contribution in [-0.2, 0) is 9.47 Å². The Bertz CT molecular complexity index is 802. The van der Waals surface area contributed by atoms with Crippen molar-refractivity contribution in [2.24, 2.45) is 0 Å². The zero-order valence-corrected chi connectivity index (χ0v) is 16.1. The summed E-state index contributed by atoms with van der Waals surface area (Å²) < 4.78 is 60.1. The van der Waals surface area contributed by atoms with Crippen LogP contribution in [0.3, 0.4) is 0 Å². The van der Waals surface area contributed by atoms with Crippen molar-refractivity contribution in [3.05, 3.63) is 53.3 Å². The smallest absolute Gasteiger partial charge is 0.167 e. The van der Waals surface area contributed by atoms with E-state index < -0.39 is 23.6 Å². The molecule has 1 saturated heterocycles. The van der Waals surface area contributed by atoms with Crippen LogP contribution >= 0.6 is 0 Å². The lowest BCUT2D eigenvalue weighted by Gasteiger charge is -2.29. The van der Waals surface area contributed by atoms with Gasteiger partial charge in [-0.25, -0.2) is 13.2 Å². The van der Waals surface area contributed by atoms with Crippen molar-refractivity contribution >= 4 is 0 Å². The monoisotopic (exact) mass is 394 g/mol. The Morgan fingerprint density at radius 2 is 1.82 bits per heavy atom. The minimum absolute atomic E-state index is 0.0108. The quantitative estimate of drug-likeness (QED) is 0.554. The topological polar surface area (TPSA) is 27.7 Å². The molecule has 0 spiro atoms. The molecule has 0 aromatic heterocycles. The fourth-order valence-electron chi connectivity index (χ4n) is 3.36. The van der Waals surface area contributed by atoms with Gasteiger partial charge in [0.05, 0.1) is 25.9 Å². The van der Waals surface area contributed by atoms with Gasteiger partial charge in [0.2, 0.25) is 0 Å². The molecule has 0 radical (unpaired) electrons. The third kappa shape index (κ3) is 4.50. The van der Waals surface area contributed by atoms with E-state index in [1.807, 2.05) is 0 Å². The zero-order valence-electron chi connectivity index (χ0n) is 16.1. The summed E-state index contributed by atoms with van der Waals surface area (Å²) in [6.45, 7) is 3.13. The van der Waals surface area contributed by atoms with E-state index in [1.54, 1.807) is 0 Å². The first-order valence-electron chi connectivity index (χ1n) is 9.60. The molecule has 1 aliphatic rings. The van der Waals surface area contributed by atoms with Crippen molar-refractivity contribution < 1.29 is 27.4 Å². The molecule has 2 atom stereocenters. The molecule has 2 unspecified atom stereocenters. The maximum absolute atomic E-state index is 14.7. The van der Waals surface area contributed by atoms with Gasteiger partial charge in [0.25, 0.3) is 0 Å². The molecule has 1 fully saturated rings. The predicted molar refractivity (Wildman–Crippen MR) is 101 cm³/mol. The van der Waals surface area contributed by atoms with Crippen LogP contribution in [0.4, 0.5) is 13.2 Å². The maximum atomic E-state index is 14.7. The van der Waals surface area contributed by atoms with Crippen molar-refractivity contribution in [3.63, 3.8) is 0 Å². The maximum Gasteiger partial charge on any atom is 0.167 e. The van der Waals surface area contributed by atoms with Gasteiger partial charge in [-0.05, 0) is 31.4 Å². The molecule has 3 nitrogen and oxygen atoms in total. The van der Waals surface area contributed by atoms with Crippen LogP contribution in [0.25, 0.3) is 11.1 Å². The highest BCUT2D eigenvalue weighted by Gasteiger charge is 2.28. The summed E-state index contributed by atoms with van der Waals surface area (Å²) >= 11 is 0. The first-order valence-corrected chi connectivity index (χ1v) is 9.60. The van der Waals surface area contributed by atoms with Gasteiger partial charge in [-0.2, -0.15) is 0 Å². The Hall–Kier alpha value is -2.05. The van der Waals surface area contributed by atoms with E-state index in [1.165, 1.54) is 31.4 Å². The minimum Gasteiger partial charge on any atom is -0.497 e. The lowest BCUT2D eigenvalue weighted by molar-refractivity contribution is -0.0881. The third-order valence-corrected chi connectivity index (χ3v) is 5.01. The van der Waals surface area contributed by atoms with Crippen molar-refractivity contribution in [1.82, 2.24) is 0 Å². The minimum atomic E-state index is -1.08. The fourth-order valence-corrected chi connectivity index (χ4v) is 3.36. The first-order chi connectivity index (χ1) is 13.5. The van der Waals surface area contributed by atoms with Crippen LogP contribution < -0.4 is 4.74 Å². The first kappa shape index (κ1) is 20.7. The SMILES string of the molecule is CCCCOC1CCC(c2ccc(-c3ccc(OC)cc3F)c(F)c2F)OC1. The number of hydrogen-bond donors (Lipinski definition) is 0.